The maximum absolute atomic E-state index is 11.9. The average Bonchev–Trinajstić information content (AvgIpc) is 2.64. The first-order valence-electron chi connectivity index (χ1n) is 7.26. The zero-order valence-corrected chi connectivity index (χ0v) is 13.6. The number of nitrogens with one attached hydrogen (secondary N) is 1. The Labute approximate surface area is 146 Å². The minimum atomic E-state index is -0.728. The van der Waals surface area contributed by atoms with Crippen molar-refractivity contribution in [3.05, 3.63) is 62.3 Å². The highest BCUT2D eigenvalue weighted by atomic mass is 16.6. The van der Waals surface area contributed by atoms with Crippen LogP contribution in [0.3, 0.4) is 0 Å². The molecule has 2 rings (SSSR count). The van der Waals surface area contributed by atoms with Crippen molar-refractivity contribution >= 4 is 23.2 Å². The zero-order valence-electron chi connectivity index (χ0n) is 13.6. The minimum absolute atomic E-state index is 0.0194. The Balaban J connectivity index is 1.88. The SMILES string of the molecule is COc1ccc(C(=O)OCCNc2ccc([N+](=O)[O-])cn2)cc1[N+](=O)[O-]. The van der Waals surface area contributed by atoms with Crippen LogP contribution in [0.2, 0.25) is 0 Å². The van der Waals surface area contributed by atoms with Crippen LogP contribution in [0, 0.1) is 20.2 Å². The first-order valence-corrected chi connectivity index (χ1v) is 7.26. The van der Waals surface area contributed by atoms with Crippen molar-refractivity contribution in [2.24, 2.45) is 0 Å². The molecule has 2 aromatic rings. The lowest BCUT2D eigenvalue weighted by atomic mass is 10.2. The van der Waals surface area contributed by atoms with Gasteiger partial charge in [-0.05, 0) is 18.2 Å². The van der Waals surface area contributed by atoms with Crippen LogP contribution in [0.5, 0.6) is 5.75 Å². The molecule has 0 fully saturated rings. The number of anilines is 1. The number of carbonyl (C=O) groups is 1. The van der Waals surface area contributed by atoms with Crippen LogP contribution in [0.1, 0.15) is 10.4 Å². The Morgan fingerprint density at radius 2 is 1.96 bits per heavy atom. The van der Waals surface area contributed by atoms with Crippen LogP contribution in [0.25, 0.3) is 0 Å². The van der Waals surface area contributed by atoms with Crippen molar-refractivity contribution in [3.63, 3.8) is 0 Å². The van der Waals surface area contributed by atoms with Crippen molar-refractivity contribution in [2.45, 2.75) is 0 Å². The normalized spacial score (nSPS) is 10.0. The van der Waals surface area contributed by atoms with Crippen LogP contribution in [0.15, 0.2) is 36.5 Å². The molecular weight excluding hydrogens is 348 g/mol. The van der Waals surface area contributed by atoms with Crippen molar-refractivity contribution in [3.8, 4) is 5.75 Å². The molecule has 0 aliphatic heterocycles. The second kappa shape index (κ2) is 8.37. The van der Waals surface area contributed by atoms with Crippen molar-refractivity contribution in [2.75, 3.05) is 25.6 Å². The summed E-state index contributed by atoms with van der Waals surface area (Å²) in [5.74, 6) is -0.307. The molecule has 0 radical (unpaired) electrons. The summed E-state index contributed by atoms with van der Waals surface area (Å²) < 4.78 is 9.88. The Hall–Kier alpha value is -3.76. The fraction of sp³-hybridized carbons (Fsp3) is 0.200. The summed E-state index contributed by atoms with van der Waals surface area (Å²) in [4.78, 5) is 36.1. The fourth-order valence-corrected chi connectivity index (χ4v) is 1.96. The van der Waals surface area contributed by atoms with Gasteiger partial charge in [0.2, 0.25) is 0 Å². The number of nitrogens with zero attached hydrogens (tertiary/aromatic N) is 3. The molecule has 0 aliphatic rings. The van der Waals surface area contributed by atoms with Gasteiger partial charge in [-0.2, -0.15) is 0 Å². The summed E-state index contributed by atoms with van der Waals surface area (Å²) in [6, 6.07) is 6.46. The van der Waals surface area contributed by atoms with Gasteiger partial charge in [0.15, 0.2) is 5.75 Å². The van der Waals surface area contributed by atoms with Gasteiger partial charge in [-0.1, -0.05) is 0 Å². The molecule has 11 heteroatoms. The van der Waals surface area contributed by atoms with Crippen molar-refractivity contribution in [1.29, 1.82) is 0 Å². The van der Waals surface area contributed by atoms with E-state index in [2.05, 4.69) is 10.3 Å². The van der Waals surface area contributed by atoms with Gasteiger partial charge < -0.3 is 14.8 Å². The second-order valence-electron chi connectivity index (χ2n) is 4.87. The number of pyridine rings is 1. The van der Waals surface area contributed by atoms with Crippen molar-refractivity contribution < 1.29 is 24.1 Å². The third kappa shape index (κ3) is 4.63. The van der Waals surface area contributed by atoms with E-state index in [0.29, 0.717) is 5.82 Å². The Bertz CT molecular complexity index is 823. The van der Waals surface area contributed by atoms with E-state index in [4.69, 9.17) is 9.47 Å². The van der Waals surface area contributed by atoms with Gasteiger partial charge in [0.1, 0.15) is 18.6 Å². The van der Waals surface area contributed by atoms with E-state index in [1.54, 1.807) is 0 Å². The van der Waals surface area contributed by atoms with E-state index < -0.39 is 15.8 Å². The number of ether oxygens (including phenoxy) is 2. The first kappa shape index (κ1) is 18.6. The average molecular weight is 362 g/mol. The Morgan fingerprint density at radius 1 is 1.19 bits per heavy atom. The number of rotatable bonds is 8. The van der Waals surface area contributed by atoms with E-state index in [1.165, 1.54) is 31.4 Å². The minimum Gasteiger partial charge on any atom is -0.490 e. The highest BCUT2D eigenvalue weighted by Gasteiger charge is 2.18. The third-order valence-corrected chi connectivity index (χ3v) is 3.21. The first-order chi connectivity index (χ1) is 12.4. The molecule has 0 aliphatic carbocycles. The smallest absolute Gasteiger partial charge is 0.338 e. The predicted molar refractivity (Wildman–Crippen MR) is 89.3 cm³/mol. The second-order valence-corrected chi connectivity index (χ2v) is 4.87. The van der Waals surface area contributed by atoms with Gasteiger partial charge in [-0.25, -0.2) is 9.78 Å². The molecule has 136 valence electrons. The molecule has 26 heavy (non-hydrogen) atoms. The van der Waals surface area contributed by atoms with E-state index in [0.717, 1.165) is 12.3 Å². The quantitative estimate of drug-likeness (QED) is 0.323. The number of aromatic nitrogens is 1. The lowest BCUT2D eigenvalue weighted by molar-refractivity contribution is -0.385. The van der Waals surface area contributed by atoms with E-state index in [1.807, 2.05) is 0 Å². The summed E-state index contributed by atoms with van der Waals surface area (Å²) >= 11 is 0. The molecule has 0 unspecified atom stereocenters. The number of nitro benzene ring substituents is 1. The van der Waals surface area contributed by atoms with Crippen LogP contribution < -0.4 is 10.1 Å². The van der Waals surface area contributed by atoms with Crippen LogP contribution in [0.4, 0.5) is 17.2 Å². The molecule has 1 aromatic heterocycles. The number of hydrogen-bond acceptors (Lipinski definition) is 9. The molecule has 0 spiro atoms. The third-order valence-electron chi connectivity index (χ3n) is 3.21. The number of benzene rings is 1. The molecular formula is C15H14N4O7. The Morgan fingerprint density at radius 3 is 2.54 bits per heavy atom. The summed E-state index contributed by atoms with van der Waals surface area (Å²) in [6.07, 6.45) is 1.10. The summed E-state index contributed by atoms with van der Waals surface area (Å²) in [5.41, 5.74) is -0.454. The van der Waals surface area contributed by atoms with Gasteiger partial charge in [-0.15, -0.1) is 0 Å². The monoisotopic (exact) mass is 362 g/mol. The largest absolute Gasteiger partial charge is 0.490 e. The molecule has 1 aromatic carbocycles. The maximum atomic E-state index is 11.9. The van der Waals surface area contributed by atoms with Gasteiger partial charge in [0, 0.05) is 12.1 Å². The molecule has 0 atom stereocenters. The summed E-state index contributed by atoms with van der Waals surface area (Å²) in [6.45, 7) is 0.173. The maximum Gasteiger partial charge on any atom is 0.338 e. The molecule has 1 heterocycles. The van der Waals surface area contributed by atoms with Crippen LogP contribution in [-0.4, -0.2) is 41.1 Å². The highest BCUT2D eigenvalue weighted by molar-refractivity contribution is 5.90. The summed E-state index contributed by atoms with van der Waals surface area (Å²) in [5, 5.41) is 24.3. The number of nitro groups is 2. The highest BCUT2D eigenvalue weighted by Crippen LogP contribution is 2.27. The van der Waals surface area contributed by atoms with Crippen LogP contribution in [-0.2, 0) is 4.74 Å². The van der Waals surface area contributed by atoms with E-state index in [-0.39, 0.29) is 35.8 Å². The van der Waals surface area contributed by atoms with Crippen LogP contribution >= 0.6 is 0 Å². The molecule has 0 bridgehead atoms. The standard InChI is InChI=1S/C15H14N4O7/c1-25-13-4-2-10(8-12(13)19(23)24)15(20)26-7-6-16-14-5-3-11(9-17-14)18(21)22/h2-5,8-9H,6-7H2,1H3,(H,16,17). The van der Waals surface area contributed by atoms with E-state index >= 15 is 0 Å². The molecule has 1 N–H and O–H groups in total. The lowest BCUT2D eigenvalue weighted by Gasteiger charge is -2.08. The topological polar surface area (TPSA) is 147 Å². The predicted octanol–water partition coefficient (Wildman–Crippen LogP) is 2.18. The molecule has 0 amide bonds. The van der Waals surface area contributed by atoms with Gasteiger partial charge in [-0.3, -0.25) is 20.2 Å². The molecule has 0 saturated carbocycles. The van der Waals surface area contributed by atoms with Gasteiger partial charge >= 0.3 is 11.7 Å². The number of hydrogen-bond donors (Lipinski definition) is 1. The van der Waals surface area contributed by atoms with Gasteiger partial charge in [0.05, 0.1) is 29.1 Å². The Kier molecular flexibility index (Phi) is 5.98. The molecule has 11 nitrogen and oxygen atoms in total. The van der Waals surface area contributed by atoms with Crippen molar-refractivity contribution in [1.82, 2.24) is 4.98 Å². The molecule has 0 saturated heterocycles. The fourth-order valence-electron chi connectivity index (χ4n) is 1.96. The zero-order chi connectivity index (χ0) is 19.1. The lowest BCUT2D eigenvalue weighted by Crippen LogP contribution is -2.14. The van der Waals surface area contributed by atoms with E-state index in [9.17, 15) is 25.0 Å². The number of methoxy groups -OCH3 is 1. The number of carbonyl (C=O) groups excluding carboxylic acids is 1. The summed E-state index contributed by atoms with van der Waals surface area (Å²) in [7, 11) is 1.29. The van der Waals surface area contributed by atoms with Gasteiger partial charge in [0.25, 0.3) is 5.69 Å². The number of esters is 1.